The minimum Gasteiger partial charge on any atom is -0.508 e. The van der Waals surface area contributed by atoms with Crippen molar-refractivity contribution < 1.29 is 15.0 Å². The molecule has 4 heteroatoms. The number of para-hydroxylation sites is 1. The molecule has 1 rings (SSSR count). The van der Waals surface area contributed by atoms with Gasteiger partial charge in [0.25, 0.3) is 0 Å². The van der Waals surface area contributed by atoms with Crippen LogP contribution in [0, 0.1) is 5.41 Å². The smallest absolute Gasteiger partial charge is 0.224 e. The van der Waals surface area contributed by atoms with E-state index in [4.69, 9.17) is 5.11 Å². The highest BCUT2D eigenvalue weighted by Gasteiger charge is 2.26. The van der Waals surface area contributed by atoms with Crippen molar-refractivity contribution in [3.05, 3.63) is 29.8 Å². The zero-order valence-electron chi connectivity index (χ0n) is 12.4. The van der Waals surface area contributed by atoms with E-state index < -0.39 is 0 Å². The predicted octanol–water partition coefficient (Wildman–Crippen LogP) is 2.24. The highest BCUT2D eigenvalue weighted by Crippen LogP contribution is 2.29. The van der Waals surface area contributed by atoms with Crippen molar-refractivity contribution in [2.45, 2.75) is 39.5 Å². The topological polar surface area (TPSA) is 69.6 Å². The second kappa shape index (κ2) is 7.90. The Balaban J connectivity index is 2.56. The first-order valence-corrected chi connectivity index (χ1v) is 7.21. The summed E-state index contributed by atoms with van der Waals surface area (Å²) in [6.45, 7) is 4.85. The Bertz CT molecular complexity index is 427. The van der Waals surface area contributed by atoms with Crippen molar-refractivity contribution in [2.24, 2.45) is 5.41 Å². The van der Waals surface area contributed by atoms with Gasteiger partial charge in [-0.05, 0) is 30.7 Å². The molecule has 0 saturated heterocycles. The van der Waals surface area contributed by atoms with E-state index in [-0.39, 0.29) is 30.1 Å². The summed E-state index contributed by atoms with van der Waals surface area (Å²) in [5, 5.41) is 21.7. The number of aromatic hydroxyl groups is 1. The quantitative estimate of drug-likeness (QED) is 0.683. The second-order valence-electron chi connectivity index (χ2n) is 5.26. The SMILES string of the molecule is CCC(CC)(CCO)CNC(=O)Cc1ccccc1O. The molecule has 0 unspecified atom stereocenters. The first-order chi connectivity index (χ1) is 9.56. The van der Waals surface area contributed by atoms with Gasteiger partial charge in [0.1, 0.15) is 5.75 Å². The van der Waals surface area contributed by atoms with E-state index in [1.807, 2.05) is 0 Å². The molecular weight excluding hydrogens is 254 g/mol. The predicted molar refractivity (Wildman–Crippen MR) is 79.5 cm³/mol. The van der Waals surface area contributed by atoms with Gasteiger partial charge in [0.2, 0.25) is 5.91 Å². The van der Waals surface area contributed by atoms with E-state index in [0.717, 1.165) is 12.8 Å². The number of aliphatic hydroxyl groups excluding tert-OH is 1. The van der Waals surface area contributed by atoms with Gasteiger partial charge >= 0.3 is 0 Å². The minimum atomic E-state index is -0.101. The molecule has 0 fully saturated rings. The average Bonchev–Trinajstić information content (AvgIpc) is 2.46. The van der Waals surface area contributed by atoms with Crippen LogP contribution < -0.4 is 5.32 Å². The van der Waals surface area contributed by atoms with E-state index in [1.54, 1.807) is 24.3 Å². The first kappa shape index (κ1) is 16.5. The number of carbonyl (C=O) groups excluding carboxylic acids is 1. The van der Waals surface area contributed by atoms with Gasteiger partial charge in [0, 0.05) is 18.7 Å². The zero-order valence-corrected chi connectivity index (χ0v) is 12.4. The van der Waals surface area contributed by atoms with Crippen molar-refractivity contribution >= 4 is 5.91 Å². The van der Waals surface area contributed by atoms with E-state index >= 15 is 0 Å². The molecule has 0 aromatic heterocycles. The molecule has 3 N–H and O–H groups in total. The number of carbonyl (C=O) groups is 1. The Morgan fingerprint density at radius 2 is 1.90 bits per heavy atom. The first-order valence-electron chi connectivity index (χ1n) is 7.21. The lowest BCUT2D eigenvalue weighted by Crippen LogP contribution is -2.38. The summed E-state index contributed by atoms with van der Waals surface area (Å²) in [7, 11) is 0. The average molecular weight is 279 g/mol. The summed E-state index contributed by atoms with van der Waals surface area (Å²) in [6, 6.07) is 6.86. The zero-order chi connectivity index (χ0) is 15.0. The number of benzene rings is 1. The lowest BCUT2D eigenvalue weighted by Gasteiger charge is -2.31. The lowest BCUT2D eigenvalue weighted by atomic mass is 9.79. The van der Waals surface area contributed by atoms with Crippen LogP contribution in [-0.4, -0.2) is 29.3 Å². The van der Waals surface area contributed by atoms with Gasteiger partial charge in [0.15, 0.2) is 0 Å². The van der Waals surface area contributed by atoms with Crippen LogP contribution in [-0.2, 0) is 11.2 Å². The Hall–Kier alpha value is -1.55. The van der Waals surface area contributed by atoms with Gasteiger partial charge in [-0.3, -0.25) is 4.79 Å². The Kier molecular flexibility index (Phi) is 6.52. The van der Waals surface area contributed by atoms with E-state index in [1.165, 1.54) is 0 Å². The maximum absolute atomic E-state index is 12.0. The van der Waals surface area contributed by atoms with Crippen LogP contribution in [0.15, 0.2) is 24.3 Å². The van der Waals surface area contributed by atoms with Crippen LogP contribution in [0.2, 0.25) is 0 Å². The second-order valence-corrected chi connectivity index (χ2v) is 5.26. The van der Waals surface area contributed by atoms with Crippen molar-refractivity contribution in [3.63, 3.8) is 0 Å². The summed E-state index contributed by atoms with van der Waals surface area (Å²) in [5.41, 5.74) is 0.592. The monoisotopic (exact) mass is 279 g/mol. The summed E-state index contributed by atoms with van der Waals surface area (Å²) < 4.78 is 0. The number of phenols is 1. The van der Waals surface area contributed by atoms with Gasteiger partial charge in [-0.2, -0.15) is 0 Å². The molecule has 20 heavy (non-hydrogen) atoms. The number of hydrogen-bond donors (Lipinski definition) is 3. The molecule has 112 valence electrons. The minimum absolute atomic E-state index is 0.0385. The van der Waals surface area contributed by atoms with Gasteiger partial charge < -0.3 is 15.5 Å². The Labute approximate surface area is 120 Å². The fourth-order valence-corrected chi connectivity index (χ4v) is 2.36. The van der Waals surface area contributed by atoms with Gasteiger partial charge in [-0.25, -0.2) is 0 Å². The largest absolute Gasteiger partial charge is 0.508 e. The third-order valence-electron chi connectivity index (χ3n) is 4.15. The third-order valence-corrected chi connectivity index (χ3v) is 4.15. The van der Waals surface area contributed by atoms with Crippen LogP contribution in [0.25, 0.3) is 0 Å². The molecule has 0 aliphatic carbocycles. The van der Waals surface area contributed by atoms with Crippen molar-refractivity contribution in [1.29, 1.82) is 0 Å². The fraction of sp³-hybridized carbons (Fsp3) is 0.562. The van der Waals surface area contributed by atoms with E-state index in [2.05, 4.69) is 19.2 Å². The van der Waals surface area contributed by atoms with Crippen LogP contribution in [0.3, 0.4) is 0 Å². The maximum Gasteiger partial charge on any atom is 0.224 e. The standard InChI is InChI=1S/C16H25NO3/c1-3-16(4-2,9-10-18)12-17-15(20)11-13-7-5-6-8-14(13)19/h5-8,18-19H,3-4,9-12H2,1-2H3,(H,17,20). The van der Waals surface area contributed by atoms with Gasteiger partial charge in [0.05, 0.1) is 6.42 Å². The molecule has 0 radical (unpaired) electrons. The fourth-order valence-electron chi connectivity index (χ4n) is 2.36. The number of rotatable bonds is 8. The van der Waals surface area contributed by atoms with Crippen molar-refractivity contribution in [1.82, 2.24) is 5.32 Å². The summed E-state index contributed by atoms with van der Waals surface area (Å²) in [4.78, 5) is 12.0. The molecule has 0 saturated carbocycles. The molecule has 1 amide bonds. The van der Waals surface area contributed by atoms with Gasteiger partial charge in [-0.15, -0.1) is 0 Å². The lowest BCUT2D eigenvalue weighted by molar-refractivity contribution is -0.121. The highest BCUT2D eigenvalue weighted by atomic mass is 16.3. The highest BCUT2D eigenvalue weighted by molar-refractivity contribution is 5.79. The number of aliphatic hydroxyl groups is 1. The number of hydrogen-bond acceptors (Lipinski definition) is 3. The molecule has 0 aliphatic heterocycles. The van der Waals surface area contributed by atoms with Crippen LogP contribution in [0.1, 0.15) is 38.7 Å². The molecule has 0 aliphatic rings. The van der Waals surface area contributed by atoms with Crippen LogP contribution >= 0.6 is 0 Å². The van der Waals surface area contributed by atoms with Crippen LogP contribution in [0.4, 0.5) is 0 Å². The molecule has 0 spiro atoms. The molecule has 0 atom stereocenters. The van der Waals surface area contributed by atoms with Crippen molar-refractivity contribution in [3.8, 4) is 5.75 Å². The van der Waals surface area contributed by atoms with E-state index in [9.17, 15) is 9.90 Å². The summed E-state index contributed by atoms with van der Waals surface area (Å²) >= 11 is 0. The maximum atomic E-state index is 12.0. The third kappa shape index (κ3) is 4.53. The van der Waals surface area contributed by atoms with Crippen molar-refractivity contribution in [2.75, 3.05) is 13.2 Å². The number of amides is 1. The molecule has 0 heterocycles. The molecule has 1 aromatic rings. The molecule has 4 nitrogen and oxygen atoms in total. The van der Waals surface area contributed by atoms with Crippen LogP contribution in [0.5, 0.6) is 5.75 Å². The number of phenolic OH excluding ortho intramolecular Hbond substituents is 1. The Morgan fingerprint density at radius 1 is 1.25 bits per heavy atom. The normalized spacial score (nSPS) is 11.3. The molecule has 0 bridgehead atoms. The summed E-state index contributed by atoms with van der Waals surface area (Å²) in [5.74, 6) is 0.0472. The van der Waals surface area contributed by atoms with Gasteiger partial charge in [-0.1, -0.05) is 32.0 Å². The summed E-state index contributed by atoms with van der Waals surface area (Å²) in [6.07, 6.45) is 2.70. The number of nitrogens with one attached hydrogen (secondary N) is 1. The Morgan fingerprint density at radius 3 is 2.45 bits per heavy atom. The molecular formula is C16H25NO3. The molecule has 1 aromatic carbocycles. The van der Waals surface area contributed by atoms with E-state index in [0.29, 0.717) is 18.5 Å².